The van der Waals surface area contributed by atoms with Crippen LogP contribution >= 0.6 is 0 Å². The van der Waals surface area contributed by atoms with Crippen molar-refractivity contribution in [3.63, 3.8) is 0 Å². The van der Waals surface area contributed by atoms with Crippen LogP contribution in [0.2, 0.25) is 0 Å². The summed E-state index contributed by atoms with van der Waals surface area (Å²) in [5.41, 5.74) is 1.37. The van der Waals surface area contributed by atoms with Crippen LogP contribution in [-0.4, -0.2) is 20.6 Å². The number of imidazole rings is 1. The summed E-state index contributed by atoms with van der Waals surface area (Å²) in [6.45, 7) is 0. The largest absolute Gasteiger partial charge is 0.478 e. The van der Waals surface area contributed by atoms with Crippen molar-refractivity contribution in [2.45, 2.75) is 0 Å². The highest BCUT2D eigenvalue weighted by molar-refractivity contribution is 5.93. The van der Waals surface area contributed by atoms with Gasteiger partial charge in [0.05, 0.1) is 16.7 Å². The van der Waals surface area contributed by atoms with E-state index in [9.17, 15) is 9.18 Å². The van der Waals surface area contributed by atoms with Crippen LogP contribution in [0.4, 0.5) is 4.39 Å². The Hall–Kier alpha value is -2.69. The summed E-state index contributed by atoms with van der Waals surface area (Å²) in [6.07, 6.45) is 1.49. The molecule has 5 heteroatoms. The molecule has 0 spiro atoms. The maximum atomic E-state index is 13.7. The first-order chi connectivity index (χ1) is 9.18. The second kappa shape index (κ2) is 4.20. The van der Waals surface area contributed by atoms with Gasteiger partial charge in [0.25, 0.3) is 0 Å². The lowest BCUT2D eigenvalue weighted by molar-refractivity contribution is 0.0692. The minimum Gasteiger partial charge on any atom is -0.478 e. The number of halogens is 1. The summed E-state index contributed by atoms with van der Waals surface area (Å²) in [5, 5.41) is 9.14. The molecule has 0 amide bonds. The van der Waals surface area contributed by atoms with Crippen molar-refractivity contribution in [3.8, 4) is 5.69 Å². The van der Waals surface area contributed by atoms with Gasteiger partial charge in [0.1, 0.15) is 17.7 Å². The summed E-state index contributed by atoms with van der Waals surface area (Å²) in [6, 6.07) is 11.4. The standard InChI is InChI=1S/C14H9FN2O2/c15-9-4-3-7-12(13(9)14(18)19)17-8-16-10-5-1-2-6-11(10)17/h1-8H,(H,18,19). The number of carbonyl (C=O) groups is 1. The first-order valence-electron chi connectivity index (χ1n) is 5.63. The highest BCUT2D eigenvalue weighted by Crippen LogP contribution is 2.22. The van der Waals surface area contributed by atoms with Crippen LogP contribution in [0.1, 0.15) is 10.4 Å². The number of carboxylic acid groups (broad SMARTS) is 1. The van der Waals surface area contributed by atoms with E-state index < -0.39 is 11.8 Å². The number of carboxylic acids is 1. The molecule has 0 aliphatic carbocycles. The summed E-state index contributed by atoms with van der Waals surface area (Å²) >= 11 is 0. The fraction of sp³-hybridized carbons (Fsp3) is 0. The summed E-state index contributed by atoms with van der Waals surface area (Å²) < 4.78 is 15.2. The number of hydrogen-bond acceptors (Lipinski definition) is 2. The normalized spacial score (nSPS) is 10.8. The summed E-state index contributed by atoms with van der Waals surface area (Å²) in [5.74, 6) is -2.06. The molecule has 2 aromatic carbocycles. The smallest absolute Gasteiger partial charge is 0.340 e. The van der Waals surface area contributed by atoms with E-state index in [4.69, 9.17) is 5.11 Å². The van der Waals surface area contributed by atoms with Crippen molar-refractivity contribution in [2.75, 3.05) is 0 Å². The molecular weight excluding hydrogens is 247 g/mol. The minimum absolute atomic E-state index is 0.265. The number of hydrogen-bond donors (Lipinski definition) is 1. The van der Waals surface area contributed by atoms with Gasteiger partial charge in [-0.05, 0) is 24.3 Å². The first-order valence-corrected chi connectivity index (χ1v) is 5.63. The zero-order chi connectivity index (χ0) is 13.4. The third-order valence-corrected chi connectivity index (χ3v) is 2.92. The van der Waals surface area contributed by atoms with Gasteiger partial charge in [0.2, 0.25) is 0 Å². The van der Waals surface area contributed by atoms with Gasteiger partial charge < -0.3 is 5.11 Å². The van der Waals surface area contributed by atoms with Crippen LogP contribution in [0, 0.1) is 5.82 Å². The fourth-order valence-electron chi connectivity index (χ4n) is 2.08. The average molecular weight is 256 g/mol. The molecule has 3 rings (SSSR count). The Labute approximate surface area is 107 Å². The second-order valence-corrected chi connectivity index (χ2v) is 4.04. The fourth-order valence-corrected chi connectivity index (χ4v) is 2.08. The van der Waals surface area contributed by atoms with E-state index in [0.717, 1.165) is 17.1 Å². The Morgan fingerprint density at radius 2 is 1.95 bits per heavy atom. The Morgan fingerprint density at radius 3 is 2.74 bits per heavy atom. The van der Waals surface area contributed by atoms with Crippen LogP contribution in [-0.2, 0) is 0 Å². The molecule has 1 N–H and O–H groups in total. The van der Waals surface area contributed by atoms with Crippen molar-refractivity contribution >= 4 is 17.0 Å². The lowest BCUT2D eigenvalue weighted by atomic mass is 10.1. The third kappa shape index (κ3) is 1.76. The van der Waals surface area contributed by atoms with Gasteiger partial charge in [-0.3, -0.25) is 4.57 Å². The molecule has 0 bridgehead atoms. The highest BCUT2D eigenvalue weighted by Gasteiger charge is 2.18. The molecular formula is C14H9FN2O2. The molecule has 0 aliphatic heterocycles. The molecule has 19 heavy (non-hydrogen) atoms. The van der Waals surface area contributed by atoms with Crippen LogP contribution < -0.4 is 0 Å². The highest BCUT2D eigenvalue weighted by atomic mass is 19.1. The van der Waals surface area contributed by atoms with Gasteiger partial charge in [-0.15, -0.1) is 0 Å². The van der Waals surface area contributed by atoms with Crippen LogP contribution in [0.25, 0.3) is 16.7 Å². The van der Waals surface area contributed by atoms with E-state index in [1.807, 2.05) is 18.2 Å². The van der Waals surface area contributed by atoms with Crippen LogP contribution in [0.15, 0.2) is 48.8 Å². The van der Waals surface area contributed by atoms with E-state index in [1.165, 1.54) is 12.4 Å². The molecule has 0 aliphatic rings. The maximum Gasteiger partial charge on any atom is 0.340 e. The lowest BCUT2D eigenvalue weighted by Gasteiger charge is -2.08. The van der Waals surface area contributed by atoms with Gasteiger partial charge >= 0.3 is 5.97 Å². The van der Waals surface area contributed by atoms with E-state index >= 15 is 0 Å². The predicted octanol–water partition coefficient (Wildman–Crippen LogP) is 2.86. The number of fused-ring (bicyclic) bond motifs is 1. The van der Waals surface area contributed by atoms with Gasteiger partial charge in [0.15, 0.2) is 0 Å². The molecule has 0 radical (unpaired) electrons. The summed E-state index contributed by atoms with van der Waals surface area (Å²) in [4.78, 5) is 15.4. The van der Waals surface area contributed by atoms with Crippen molar-refractivity contribution in [1.29, 1.82) is 0 Å². The quantitative estimate of drug-likeness (QED) is 0.767. The Balaban J connectivity index is 2.33. The molecule has 94 valence electrons. The van der Waals surface area contributed by atoms with Gasteiger partial charge in [-0.1, -0.05) is 18.2 Å². The van der Waals surface area contributed by atoms with E-state index in [0.29, 0.717) is 0 Å². The topological polar surface area (TPSA) is 55.1 Å². The average Bonchev–Trinajstić information content (AvgIpc) is 2.81. The van der Waals surface area contributed by atoms with Crippen molar-refractivity contribution < 1.29 is 14.3 Å². The Bertz CT molecular complexity index is 780. The van der Waals surface area contributed by atoms with Gasteiger partial charge in [-0.2, -0.15) is 0 Å². The number of para-hydroxylation sites is 2. The van der Waals surface area contributed by atoms with Crippen molar-refractivity contribution in [1.82, 2.24) is 9.55 Å². The van der Waals surface area contributed by atoms with Crippen molar-refractivity contribution in [3.05, 3.63) is 60.2 Å². The number of aromatic carboxylic acids is 1. The Kier molecular flexibility index (Phi) is 2.52. The second-order valence-electron chi connectivity index (χ2n) is 4.04. The van der Waals surface area contributed by atoms with E-state index in [2.05, 4.69) is 4.98 Å². The molecule has 1 heterocycles. The lowest BCUT2D eigenvalue weighted by Crippen LogP contribution is -2.07. The number of benzene rings is 2. The molecule has 1 aromatic heterocycles. The Morgan fingerprint density at radius 1 is 1.16 bits per heavy atom. The zero-order valence-electron chi connectivity index (χ0n) is 9.75. The number of rotatable bonds is 2. The third-order valence-electron chi connectivity index (χ3n) is 2.92. The number of aromatic nitrogens is 2. The van der Waals surface area contributed by atoms with E-state index in [-0.39, 0.29) is 11.3 Å². The predicted molar refractivity (Wildman–Crippen MR) is 68.0 cm³/mol. The molecule has 0 unspecified atom stereocenters. The van der Waals surface area contributed by atoms with E-state index in [1.54, 1.807) is 16.7 Å². The molecule has 0 saturated carbocycles. The molecule has 0 atom stereocenters. The number of nitrogens with zero attached hydrogens (tertiary/aromatic N) is 2. The zero-order valence-corrected chi connectivity index (χ0v) is 9.75. The van der Waals surface area contributed by atoms with Crippen LogP contribution in [0.5, 0.6) is 0 Å². The SMILES string of the molecule is O=C(O)c1c(F)cccc1-n1cnc2ccccc21. The first kappa shape index (κ1) is 11.4. The van der Waals surface area contributed by atoms with Gasteiger partial charge in [0, 0.05) is 0 Å². The van der Waals surface area contributed by atoms with Gasteiger partial charge in [-0.25, -0.2) is 14.2 Å². The summed E-state index contributed by atoms with van der Waals surface area (Å²) in [7, 11) is 0. The molecule has 0 saturated heterocycles. The monoisotopic (exact) mass is 256 g/mol. The molecule has 0 fully saturated rings. The molecule has 3 aromatic rings. The van der Waals surface area contributed by atoms with Crippen molar-refractivity contribution in [2.24, 2.45) is 0 Å². The maximum absolute atomic E-state index is 13.7. The minimum atomic E-state index is -1.30. The molecule has 4 nitrogen and oxygen atoms in total. The van der Waals surface area contributed by atoms with Crippen LogP contribution in [0.3, 0.4) is 0 Å².